The van der Waals surface area contributed by atoms with Crippen molar-refractivity contribution in [3.05, 3.63) is 193 Å². The van der Waals surface area contributed by atoms with Crippen molar-refractivity contribution in [1.82, 2.24) is 9.13 Å². The number of hydrogen-bond donors (Lipinski definition) is 0. The summed E-state index contributed by atoms with van der Waals surface area (Å²) in [6, 6.07) is 67.4. The van der Waals surface area contributed by atoms with E-state index in [1.165, 1.54) is 109 Å². The number of aromatic nitrogens is 2. The number of nitrogens with zero attached hydrogens (tertiary/aromatic N) is 2. The van der Waals surface area contributed by atoms with Gasteiger partial charge in [-0.1, -0.05) is 129 Å². The summed E-state index contributed by atoms with van der Waals surface area (Å²) in [4.78, 5) is 0. The minimum absolute atomic E-state index is 0.132. The number of fused-ring (bicyclic) bond motifs is 11. The van der Waals surface area contributed by atoms with Crippen LogP contribution in [0.3, 0.4) is 0 Å². The maximum Gasteiger partial charge on any atom is 0.0727 e. The quantitative estimate of drug-likeness (QED) is 0.170. The summed E-state index contributed by atoms with van der Waals surface area (Å²) < 4.78 is 7.56. The molecule has 0 fully saturated rings. The van der Waals surface area contributed by atoms with Gasteiger partial charge >= 0.3 is 0 Å². The highest BCUT2D eigenvalue weighted by Crippen LogP contribution is 2.52. The highest BCUT2D eigenvalue weighted by atomic mass is 32.1. The van der Waals surface area contributed by atoms with Crippen molar-refractivity contribution in [1.29, 1.82) is 0 Å². The largest absolute Gasteiger partial charge is 0.309 e. The SMILES string of the molecule is CC1(C)c2cc(-c3ccccc3)ccc2-c2cc3c4ccccc4n(-c4ccc(-c5ccc6c(c5)c5sc7ccccc7c5n6-c5ccccc5)cc4)c3cc21. The van der Waals surface area contributed by atoms with Crippen molar-refractivity contribution in [3.8, 4) is 44.8 Å². The van der Waals surface area contributed by atoms with Gasteiger partial charge in [0.2, 0.25) is 0 Å². The van der Waals surface area contributed by atoms with Gasteiger partial charge in [0.05, 0.1) is 26.8 Å². The summed E-state index contributed by atoms with van der Waals surface area (Å²) in [5.41, 5.74) is 17.7. The van der Waals surface area contributed by atoms with Gasteiger partial charge in [-0.2, -0.15) is 0 Å². The zero-order valence-corrected chi connectivity index (χ0v) is 31.9. The molecule has 3 heteroatoms. The van der Waals surface area contributed by atoms with E-state index in [4.69, 9.17) is 0 Å². The third-order valence-corrected chi connectivity index (χ3v) is 13.5. The lowest BCUT2D eigenvalue weighted by Crippen LogP contribution is -2.15. The Labute approximate surface area is 329 Å². The van der Waals surface area contributed by atoms with E-state index in [-0.39, 0.29) is 5.41 Å². The molecule has 264 valence electrons. The van der Waals surface area contributed by atoms with Crippen LogP contribution >= 0.6 is 11.3 Å². The predicted octanol–water partition coefficient (Wildman–Crippen LogP) is 14.7. The first kappa shape index (κ1) is 31.6. The first-order chi connectivity index (χ1) is 27.5. The Hall–Kier alpha value is -6.68. The van der Waals surface area contributed by atoms with Crippen LogP contribution in [0.2, 0.25) is 0 Å². The highest BCUT2D eigenvalue weighted by molar-refractivity contribution is 7.26. The molecule has 12 rings (SSSR count). The van der Waals surface area contributed by atoms with E-state index in [1.54, 1.807) is 0 Å². The van der Waals surface area contributed by atoms with Crippen LogP contribution in [0.15, 0.2) is 182 Å². The van der Waals surface area contributed by atoms with E-state index >= 15 is 0 Å². The summed E-state index contributed by atoms with van der Waals surface area (Å²) in [6.45, 7) is 4.77. The lowest BCUT2D eigenvalue weighted by Gasteiger charge is -2.22. The molecule has 11 aromatic rings. The smallest absolute Gasteiger partial charge is 0.0727 e. The molecule has 1 aliphatic rings. The molecule has 0 atom stereocenters. The number of hydrogen-bond acceptors (Lipinski definition) is 1. The van der Waals surface area contributed by atoms with Crippen molar-refractivity contribution in [2.45, 2.75) is 19.3 Å². The van der Waals surface area contributed by atoms with Crippen molar-refractivity contribution in [3.63, 3.8) is 0 Å². The number of para-hydroxylation sites is 2. The first-order valence-electron chi connectivity index (χ1n) is 19.4. The Bertz CT molecular complexity index is 3360. The van der Waals surface area contributed by atoms with E-state index in [0.29, 0.717) is 0 Å². The molecule has 3 aromatic heterocycles. The molecule has 0 radical (unpaired) electrons. The summed E-state index contributed by atoms with van der Waals surface area (Å²) >= 11 is 1.89. The van der Waals surface area contributed by atoms with Gasteiger partial charge < -0.3 is 9.13 Å². The third kappa shape index (κ3) is 4.43. The summed E-state index contributed by atoms with van der Waals surface area (Å²) in [7, 11) is 0. The molecule has 0 bridgehead atoms. The zero-order valence-electron chi connectivity index (χ0n) is 31.1. The maximum atomic E-state index is 2.47. The van der Waals surface area contributed by atoms with Crippen molar-refractivity contribution < 1.29 is 0 Å². The van der Waals surface area contributed by atoms with Crippen LogP contribution in [-0.4, -0.2) is 9.13 Å². The van der Waals surface area contributed by atoms with Crippen molar-refractivity contribution >= 4 is 64.3 Å². The van der Waals surface area contributed by atoms with Gasteiger partial charge in [-0.05, 0) is 111 Å². The van der Waals surface area contributed by atoms with E-state index in [9.17, 15) is 0 Å². The standard InChI is InChI=1S/C53H36N2S/c1-53(2)45-30-36(33-13-5-3-6-14-33)23-27-39(45)42-31-43-40-17-9-11-19-47(40)54(49(43)32-46(42)53)38-25-21-34(22-26-38)35-24-28-48-44(29-35)52-51(41-18-10-12-20-50(41)56-52)55(48)37-15-7-4-8-16-37/h3-32H,1-2H3. The average molecular weight is 733 g/mol. The lowest BCUT2D eigenvalue weighted by atomic mass is 9.81. The monoisotopic (exact) mass is 732 g/mol. The molecule has 56 heavy (non-hydrogen) atoms. The Morgan fingerprint density at radius 2 is 1.00 bits per heavy atom. The van der Waals surface area contributed by atoms with Gasteiger partial charge in [-0.15, -0.1) is 11.3 Å². The van der Waals surface area contributed by atoms with Crippen LogP contribution in [-0.2, 0) is 5.41 Å². The van der Waals surface area contributed by atoms with E-state index in [0.717, 1.165) is 0 Å². The number of benzene rings is 8. The fraction of sp³-hybridized carbons (Fsp3) is 0.0566. The summed E-state index contributed by atoms with van der Waals surface area (Å²) in [6.07, 6.45) is 0. The number of thiophene rings is 1. The molecule has 0 unspecified atom stereocenters. The molecule has 0 N–H and O–H groups in total. The molecule has 0 spiro atoms. The Kier molecular flexibility index (Phi) is 6.59. The second-order valence-corrected chi connectivity index (χ2v) is 16.8. The normalized spacial score (nSPS) is 13.3. The average Bonchev–Trinajstić information content (AvgIpc) is 3.95. The van der Waals surface area contributed by atoms with Crippen LogP contribution in [0.4, 0.5) is 0 Å². The fourth-order valence-electron chi connectivity index (χ4n) is 9.58. The van der Waals surface area contributed by atoms with Gasteiger partial charge in [-0.25, -0.2) is 0 Å². The summed E-state index contributed by atoms with van der Waals surface area (Å²) in [5, 5.41) is 5.17. The second kappa shape index (κ2) is 11.7. The van der Waals surface area contributed by atoms with Crippen LogP contribution in [0.5, 0.6) is 0 Å². The van der Waals surface area contributed by atoms with E-state index in [1.807, 2.05) is 11.3 Å². The van der Waals surface area contributed by atoms with Crippen molar-refractivity contribution in [2.24, 2.45) is 0 Å². The summed E-state index contributed by atoms with van der Waals surface area (Å²) in [5.74, 6) is 0. The number of rotatable bonds is 4. The van der Waals surface area contributed by atoms with E-state index < -0.39 is 0 Å². The minimum Gasteiger partial charge on any atom is -0.309 e. The first-order valence-corrected chi connectivity index (χ1v) is 20.2. The lowest BCUT2D eigenvalue weighted by molar-refractivity contribution is 0.661. The maximum absolute atomic E-state index is 2.47. The third-order valence-electron chi connectivity index (χ3n) is 12.3. The Morgan fingerprint density at radius 1 is 0.393 bits per heavy atom. The minimum atomic E-state index is -0.132. The molecule has 8 aromatic carbocycles. The van der Waals surface area contributed by atoms with Gasteiger partial charge in [0, 0.05) is 43.0 Å². The molecule has 1 aliphatic carbocycles. The predicted molar refractivity (Wildman–Crippen MR) is 239 cm³/mol. The van der Waals surface area contributed by atoms with Crippen LogP contribution < -0.4 is 0 Å². The van der Waals surface area contributed by atoms with Gasteiger partial charge in [-0.3, -0.25) is 0 Å². The molecule has 0 saturated heterocycles. The fourth-order valence-corrected chi connectivity index (χ4v) is 10.8. The van der Waals surface area contributed by atoms with Crippen LogP contribution in [0.1, 0.15) is 25.0 Å². The topological polar surface area (TPSA) is 9.86 Å². The molecular weight excluding hydrogens is 697 g/mol. The van der Waals surface area contributed by atoms with Crippen LogP contribution in [0.25, 0.3) is 97.8 Å². The van der Waals surface area contributed by atoms with Crippen molar-refractivity contribution in [2.75, 3.05) is 0 Å². The van der Waals surface area contributed by atoms with Gasteiger partial charge in [0.15, 0.2) is 0 Å². The molecular formula is C53H36N2S. The molecule has 0 saturated carbocycles. The van der Waals surface area contributed by atoms with Gasteiger partial charge in [0.1, 0.15) is 0 Å². The molecule has 3 heterocycles. The Balaban J connectivity index is 0.988. The van der Waals surface area contributed by atoms with E-state index in [2.05, 4.69) is 205 Å². The van der Waals surface area contributed by atoms with Crippen LogP contribution in [0, 0.1) is 0 Å². The zero-order chi connectivity index (χ0) is 37.1. The molecule has 0 amide bonds. The molecule has 0 aliphatic heterocycles. The van der Waals surface area contributed by atoms with Gasteiger partial charge in [0.25, 0.3) is 0 Å². The Morgan fingerprint density at radius 3 is 1.82 bits per heavy atom. The second-order valence-electron chi connectivity index (χ2n) is 15.7. The molecule has 2 nitrogen and oxygen atoms in total. The highest BCUT2D eigenvalue weighted by Gasteiger charge is 2.36.